The summed E-state index contributed by atoms with van der Waals surface area (Å²) in [5, 5.41) is 0. The summed E-state index contributed by atoms with van der Waals surface area (Å²) in [7, 11) is 0. The van der Waals surface area contributed by atoms with E-state index in [1.165, 1.54) is 32.1 Å². The summed E-state index contributed by atoms with van der Waals surface area (Å²) in [5.41, 5.74) is 0.113. The fourth-order valence-corrected chi connectivity index (χ4v) is 4.83. The normalized spacial score (nSPS) is 54.9. The van der Waals surface area contributed by atoms with Crippen molar-refractivity contribution < 1.29 is 4.74 Å². The molecule has 4 aliphatic carbocycles. The molecule has 0 saturated heterocycles. The predicted octanol–water partition coefficient (Wildman–Crippen LogP) is 3.28. The Morgan fingerprint density at radius 3 is 2.07 bits per heavy atom. The van der Waals surface area contributed by atoms with Crippen molar-refractivity contribution in [2.45, 2.75) is 37.7 Å². The van der Waals surface area contributed by atoms with Gasteiger partial charge in [0.05, 0.1) is 6.26 Å². The number of rotatable bonds is 0. The summed E-state index contributed by atoms with van der Waals surface area (Å²) in [6, 6.07) is 0. The summed E-state index contributed by atoms with van der Waals surface area (Å²) in [4.78, 5) is 0. The molecule has 1 heteroatoms. The average Bonchev–Trinajstić information content (AvgIpc) is 2.26. The van der Waals surface area contributed by atoms with Crippen LogP contribution in [0.4, 0.5) is 0 Å². The molecule has 80 valence electrons. The maximum atomic E-state index is 6.07. The van der Waals surface area contributed by atoms with Gasteiger partial charge in [-0.25, -0.2) is 0 Å². The number of allylic oxidation sites excluding steroid dienone is 2. The molecule has 0 radical (unpaired) electrons. The van der Waals surface area contributed by atoms with E-state index in [2.05, 4.69) is 12.2 Å². The average molecular weight is 202 g/mol. The van der Waals surface area contributed by atoms with Crippen molar-refractivity contribution in [2.75, 3.05) is 0 Å². The zero-order chi connectivity index (χ0) is 9.88. The molecule has 0 unspecified atom stereocenters. The third-order valence-electron chi connectivity index (χ3n) is 5.23. The lowest BCUT2D eigenvalue weighted by molar-refractivity contribution is -0.149. The van der Waals surface area contributed by atoms with Gasteiger partial charge in [-0.05, 0) is 56.1 Å². The first-order valence-corrected chi connectivity index (χ1v) is 6.39. The van der Waals surface area contributed by atoms with E-state index in [1.807, 2.05) is 12.3 Å². The second-order valence-corrected chi connectivity index (χ2v) is 5.96. The number of hydrogen-bond donors (Lipinski definition) is 0. The molecule has 0 N–H and O–H groups in total. The third kappa shape index (κ3) is 0.992. The minimum Gasteiger partial charge on any atom is -0.490 e. The standard InChI is InChI=1S/C14H18O/c1-2-4-15-14(3-1)12-6-10-5-11(8-12)9-13(14)7-10/h1-4,10-13H,5-9H2. The van der Waals surface area contributed by atoms with Crippen LogP contribution in [0.1, 0.15) is 32.1 Å². The van der Waals surface area contributed by atoms with E-state index in [9.17, 15) is 0 Å². The lowest BCUT2D eigenvalue weighted by atomic mass is 9.49. The Kier molecular flexibility index (Phi) is 1.51. The van der Waals surface area contributed by atoms with Crippen LogP contribution >= 0.6 is 0 Å². The fourth-order valence-electron chi connectivity index (χ4n) is 4.83. The molecule has 4 bridgehead atoms. The van der Waals surface area contributed by atoms with Gasteiger partial charge in [0.25, 0.3) is 0 Å². The zero-order valence-corrected chi connectivity index (χ0v) is 9.06. The highest BCUT2D eigenvalue weighted by molar-refractivity contribution is 5.22. The van der Waals surface area contributed by atoms with Crippen LogP contribution in [-0.4, -0.2) is 5.60 Å². The van der Waals surface area contributed by atoms with E-state index in [0.29, 0.717) is 0 Å². The van der Waals surface area contributed by atoms with Crippen LogP contribution in [-0.2, 0) is 4.74 Å². The molecule has 4 fully saturated rings. The first kappa shape index (κ1) is 8.43. The molecule has 0 atom stereocenters. The van der Waals surface area contributed by atoms with E-state index >= 15 is 0 Å². The Hall–Kier alpha value is -0.720. The van der Waals surface area contributed by atoms with Crippen molar-refractivity contribution in [1.82, 2.24) is 0 Å². The first-order chi connectivity index (χ1) is 7.37. The van der Waals surface area contributed by atoms with Crippen molar-refractivity contribution in [3.63, 3.8) is 0 Å². The number of hydrogen-bond acceptors (Lipinski definition) is 1. The van der Waals surface area contributed by atoms with Crippen LogP contribution in [0.2, 0.25) is 0 Å². The van der Waals surface area contributed by atoms with Crippen molar-refractivity contribution in [1.29, 1.82) is 0 Å². The monoisotopic (exact) mass is 202 g/mol. The van der Waals surface area contributed by atoms with Gasteiger partial charge in [-0.1, -0.05) is 6.08 Å². The molecule has 0 aromatic carbocycles. The van der Waals surface area contributed by atoms with Crippen molar-refractivity contribution in [3.8, 4) is 0 Å². The van der Waals surface area contributed by atoms with Crippen molar-refractivity contribution >= 4 is 0 Å². The van der Waals surface area contributed by atoms with Gasteiger partial charge in [0.2, 0.25) is 0 Å². The molecule has 5 rings (SSSR count). The predicted molar refractivity (Wildman–Crippen MR) is 59.1 cm³/mol. The molecule has 1 nitrogen and oxygen atoms in total. The van der Waals surface area contributed by atoms with Gasteiger partial charge in [0.1, 0.15) is 5.60 Å². The summed E-state index contributed by atoms with van der Waals surface area (Å²) in [6.07, 6.45) is 15.7. The smallest absolute Gasteiger partial charge is 0.132 e. The largest absolute Gasteiger partial charge is 0.490 e. The molecule has 1 heterocycles. The Morgan fingerprint density at radius 2 is 1.53 bits per heavy atom. The van der Waals surface area contributed by atoms with Gasteiger partial charge in [0.15, 0.2) is 0 Å². The van der Waals surface area contributed by atoms with Gasteiger partial charge in [-0.15, -0.1) is 0 Å². The van der Waals surface area contributed by atoms with Crippen LogP contribution in [0.5, 0.6) is 0 Å². The zero-order valence-electron chi connectivity index (χ0n) is 9.06. The first-order valence-electron chi connectivity index (χ1n) is 6.39. The molecule has 0 aromatic heterocycles. The van der Waals surface area contributed by atoms with E-state index in [0.717, 1.165) is 23.7 Å². The van der Waals surface area contributed by atoms with Crippen LogP contribution in [0.15, 0.2) is 24.5 Å². The Labute approximate surface area is 91.2 Å². The Morgan fingerprint density at radius 1 is 0.867 bits per heavy atom. The second kappa shape index (κ2) is 2.69. The minimum atomic E-state index is 0.113. The highest BCUT2D eigenvalue weighted by Crippen LogP contribution is 2.60. The molecule has 1 spiro atoms. The Balaban J connectivity index is 1.76. The lowest BCUT2D eigenvalue weighted by Gasteiger charge is -2.59. The molecular weight excluding hydrogens is 184 g/mol. The SMILES string of the molecule is C1=COC2(C=C1)C1CC3CC(C1)CC2C3. The van der Waals surface area contributed by atoms with E-state index in [4.69, 9.17) is 4.74 Å². The fraction of sp³-hybridized carbons (Fsp3) is 0.714. The lowest BCUT2D eigenvalue weighted by Crippen LogP contribution is -2.57. The molecule has 0 aromatic rings. The molecule has 0 amide bonds. The second-order valence-electron chi connectivity index (χ2n) is 5.96. The quantitative estimate of drug-likeness (QED) is 0.585. The molecule has 15 heavy (non-hydrogen) atoms. The van der Waals surface area contributed by atoms with Gasteiger partial charge in [0, 0.05) is 11.8 Å². The maximum absolute atomic E-state index is 6.07. The summed E-state index contributed by atoms with van der Waals surface area (Å²) in [5.74, 6) is 3.69. The topological polar surface area (TPSA) is 9.23 Å². The molecule has 1 aliphatic heterocycles. The summed E-state index contributed by atoms with van der Waals surface area (Å²) < 4.78 is 6.07. The van der Waals surface area contributed by atoms with Crippen molar-refractivity contribution in [3.05, 3.63) is 24.5 Å². The molecule has 4 saturated carbocycles. The summed E-state index contributed by atoms with van der Waals surface area (Å²) in [6.45, 7) is 0. The molecule has 5 aliphatic rings. The molecular formula is C14H18O. The minimum absolute atomic E-state index is 0.113. The van der Waals surface area contributed by atoms with Crippen LogP contribution < -0.4 is 0 Å². The van der Waals surface area contributed by atoms with Crippen LogP contribution in [0.3, 0.4) is 0 Å². The van der Waals surface area contributed by atoms with E-state index in [-0.39, 0.29) is 5.60 Å². The van der Waals surface area contributed by atoms with E-state index < -0.39 is 0 Å². The van der Waals surface area contributed by atoms with Gasteiger partial charge in [-0.2, -0.15) is 0 Å². The van der Waals surface area contributed by atoms with Gasteiger partial charge < -0.3 is 4.74 Å². The van der Waals surface area contributed by atoms with E-state index in [1.54, 1.807) is 0 Å². The third-order valence-corrected chi connectivity index (χ3v) is 5.23. The van der Waals surface area contributed by atoms with Gasteiger partial charge in [-0.3, -0.25) is 0 Å². The number of ether oxygens (including phenoxy) is 1. The Bertz CT molecular complexity index is 311. The van der Waals surface area contributed by atoms with Crippen LogP contribution in [0.25, 0.3) is 0 Å². The van der Waals surface area contributed by atoms with Crippen LogP contribution in [0, 0.1) is 23.7 Å². The highest BCUT2D eigenvalue weighted by Gasteiger charge is 2.57. The summed E-state index contributed by atoms with van der Waals surface area (Å²) >= 11 is 0. The van der Waals surface area contributed by atoms with Gasteiger partial charge >= 0.3 is 0 Å². The highest BCUT2D eigenvalue weighted by atomic mass is 16.5. The van der Waals surface area contributed by atoms with Crippen molar-refractivity contribution in [2.24, 2.45) is 23.7 Å². The maximum Gasteiger partial charge on any atom is 0.132 e.